The molecule has 282 valence electrons. The minimum absolute atomic E-state index is 0.0852. The third kappa shape index (κ3) is 34.3. The van der Waals surface area contributed by atoms with Crippen LogP contribution in [0.3, 0.4) is 0 Å². The van der Waals surface area contributed by atoms with Crippen LogP contribution in [0.5, 0.6) is 0 Å². The number of carbonyl (C=O) groups excluding carboxylic acids is 3. The lowest BCUT2D eigenvalue weighted by molar-refractivity contribution is -0.141. The summed E-state index contributed by atoms with van der Waals surface area (Å²) in [6.07, 6.45) is 35.8. The fraction of sp³-hybridized carbons (Fsp3) is 0.875. The van der Waals surface area contributed by atoms with Gasteiger partial charge in [-0.05, 0) is 78.4 Å². The standard InChI is InChI=1S/C40H76N2O5S/c1-41(2)34-31-37-48-40(45)42(35-29-25-21-17-13-9-5-7-11-15-19-23-27-32-38(43)46-3)36-30-26-22-18-14-10-6-8-12-16-20-24-28-33-39(44)47-4/h7,11H,5-6,8-10,12-37H2,1-4H3/b11-7-. The van der Waals surface area contributed by atoms with Gasteiger partial charge < -0.3 is 19.3 Å². The lowest BCUT2D eigenvalue weighted by atomic mass is 10.0. The predicted molar refractivity (Wildman–Crippen MR) is 206 cm³/mol. The average Bonchev–Trinajstić information content (AvgIpc) is 3.08. The van der Waals surface area contributed by atoms with Crippen molar-refractivity contribution in [2.24, 2.45) is 0 Å². The number of ether oxygens (including phenoxy) is 2. The Kier molecular flexibility index (Phi) is 35.6. The molecule has 0 atom stereocenters. The second-order valence-corrected chi connectivity index (χ2v) is 14.8. The molecule has 0 radical (unpaired) electrons. The lowest BCUT2D eigenvalue weighted by Gasteiger charge is -2.22. The zero-order valence-corrected chi connectivity index (χ0v) is 32.7. The Labute approximate surface area is 301 Å². The molecule has 0 saturated heterocycles. The van der Waals surface area contributed by atoms with E-state index >= 15 is 0 Å². The Hall–Kier alpha value is -1.54. The summed E-state index contributed by atoms with van der Waals surface area (Å²) in [5.74, 6) is 0.723. The van der Waals surface area contributed by atoms with E-state index in [4.69, 9.17) is 4.74 Å². The average molecular weight is 697 g/mol. The van der Waals surface area contributed by atoms with Crippen LogP contribution in [0.2, 0.25) is 0 Å². The van der Waals surface area contributed by atoms with E-state index in [1.54, 1.807) is 0 Å². The molecule has 0 saturated carbocycles. The smallest absolute Gasteiger partial charge is 0.305 e. The van der Waals surface area contributed by atoms with Crippen molar-refractivity contribution < 1.29 is 23.9 Å². The van der Waals surface area contributed by atoms with Crippen LogP contribution in [0.4, 0.5) is 4.79 Å². The van der Waals surface area contributed by atoms with Gasteiger partial charge in [0.05, 0.1) is 14.2 Å². The van der Waals surface area contributed by atoms with Crippen molar-refractivity contribution >= 4 is 28.9 Å². The summed E-state index contributed by atoms with van der Waals surface area (Å²) in [5.41, 5.74) is 0. The van der Waals surface area contributed by atoms with Crippen LogP contribution in [-0.2, 0) is 19.1 Å². The summed E-state index contributed by atoms with van der Waals surface area (Å²) in [4.78, 5) is 39.6. The van der Waals surface area contributed by atoms with Gasteiger partial charge in [0.2, 0.25) is 0 Å². The van der Waals surface area contributed by atoms with Crippen molar-refractivity contribution in [3.05, 3.63) is 12.2 Å². The van der Waals surface area contributed by atoms with Crippen molar-refractivity contribution in [2.75, 3.05) is 53.7 Å². The first kappa shape index (κ1) is 46.5. The predicted octanol–water partition coefficient (Wildman–Crippen LogP) is 11.1. The van der Waals surface area contributed by atoms with Gasteiger partial charge >= 0.3 is 11.9 Å². The Balaban J connectivity index is 3.94. The summed E-state index contributed by atoms with van der Waals surface area (Å²) in [5, 5.41) is 0.285. The fourth-order valence-corrected chi connectivity index (χ4v) is 6.68. The SMILES string of the molecule is COC(=O)CCCCC/C=C\CCCCCCCCN(CCCCCCCCCCCCCCCC(=O)OC)C(=O)SCCCN(C)C. The molecule has 0 aliphatic heterocycles. The monoisotopic (exact) mass is 697 g/mol. The number of unbranched alkanes of at least 4 members (excludes halogenated alkanes) is 21. The summed E-state index contributed by atoms with van der Waals surface area (Å²) >= 11 is 1.52. The topological polar surface area (TPSA) is 76.1 Å². The van der Waals surface area contributed by atoms with E-state index in [1.165, 1.54) is 122 Å². The third-order valence-corrected chi connectivity index (χ3v) is 9.96. The van der Waals surface area contributed by atoms with Gasteiger partial charge in [0.15, 0.2) is 0 Å². The Bertz CT molecular complexity index is 777. The maximum absolute atomic E-state index is 13.0. The van der Waals surface area contributed by atoms with E-state index in [0.717, 1.165) is 89.6 Å². The van der Waals surface area contributed by atoms with Gasteiger partial charge in [-0.2, -0.15) is 0 Å². The number of hydrogen-bond acceptors (Lipinski definition) is 7. The zero-order chi connectivity index (χ0) is 35.3. The molecule has 0 N–H and O–H groups in total. The highest BCUT2D eigenvalue weighted by Crippen LogP contribution is 2.17. The zero-order valence-electron chi connectivity index (χ0n) is 31.9. The van der Waals surface area contributed by atoms with Crippen LogP contribution in [-0.4, -0.2) is 80.7 Å². The second kappa shape index (κ2) is 36.7. The van der Waals surface area contributed by atoms with Gasteiger partial charge in [-0.1, -0.05) is 127 Å². The molecule has 0 heterocycles. The Morgan fingerprint density at radius 3 is 1.23 bits per heavy atom. The molecule has 0 aromatic carbocycles. The number of carbonyl (C=O) groups is 3. The molecule has 48 heavy (non-hydrogen) atoms. The summed E-state index contributed by atoms with van der Waals surface area (Å²) < 4.78 is 9.37. The van der Waals surface area contributed by atoms with Gasteiger partial charge in [0.1, 0.15) is 0 Å². The maximum atomic E-state index is 13.0. The normalized spacial score (nSPS) is 11.4. The maximum Gasteiger partial charge on any atom is 0.305 e. The van der Waals surface area contributed by atoms with E-state index in [0.29, 0.717) is 12.8 Å². The molecule has 0 aliphatic carbocycles. The molecule has 0 spiro atoms. The number of amides is 1. The number of nitrogens with zero attached hydrogens (tertiary/aromatic N) is 2. The minimum atomic E-state index is -0.102. The van der Waals surface area contributed by atoms with Gasteiger partial charge in [-0.3, -0.25) is 14.4 Å². The number of hydrogen-bond donors (Lipinski definition) is 0. The summed E-state index contributed by atoms with van der Waals surface area (Å²) in [6, 6.07) is 0. The molecule has 8 heteroatoms. The van der Waals surface area contributed by atoms with Crippen LogP contribution in [0, 0.1) is 0 Å². The first-order valence-electron chi connectivity index (χ1n) is 19.8. The Morgan fingerprint density at radius 2 is 0.833 bits per heavy atom. The molecule has 1 amide bonds. The highest BCUT2D eigenvalue weighted by molar-refractivity contribution is 8.13. The Morgan fingerprint density at radius 1 is 0.479 bits per heavy atom. The molecule has 0 unspecified atom stereocenters. The van der Waals surface area contributed by atoms with Crippen LogP contribution >= 0.6 is 11.8 Å². The first-order chi connectivity index (χ1) is 23.4. The highest BCUT2D eigenvalue weighted by Gasteiger charge is 2.13. The number of methoxy groups -OCH3 is 2. The minimum Gasteiger partial charge on any atom is -0.469 e. The van der Waals surface area contributed by atoms with Crippen molar-refractivity contribution in [2.45, 2.75) is 173 Å². The molecular formula is C40H76N2O5S. The number of rotatable bonds is 35. The van der Waals surface area contributed by atoms with Crippen molar-refractivity contribution in [3.8, 4) is 0 Å². The second-order valence-electron chi connectivity index (χ2n) is 13.7. The van der Waals surface area contributed by atoms with Gasteiger partial charge in [-0.25, -0.2) is 0 Å². The fourth-order valence-electron chi connectivity index (χ4n) is 5.86. The number of allylic oxidation sites excluding steroid dienone is 2. The van der Waals surface area contributed by atoms with Crippen molar-refractivity contribution in [3.63, 3.8) is 0 Å². The quantitative estimate of drug-likeness (QED) is 0.0371. The molecule has 0 aromatic rings. The van der Waals surface area contributed by atoms with Gasteiger partial charge in [0.25, 0.3) is 5.24 Å². The molecule has 0 aliphatic rings. The van der Waals surface area contributed by atoms with E-state index < -0.39 is 0 Å². The summed E-state index contributed by atoms with van der Waals surface area (Å²) in [7, 11) is 7.10. The number of esters is 2. The van der Waals surface area contributed by atoms with E-state index in [9.17, 15) is 14.4 Å². The molecule has 0 rings (SSSR count). The molecular weight excluding hydrogens is 621 g/mol. The largest absolute Gasteiger partial charge is 0.469 e. The van der Waals surface area contributed by atoms with Crippen molar-refractivity contribution in [1.29, 1.82) is 0 Å². The van der Waals surface area contributed by atoms with Gasteiger partial charge in [-0.15, -0.1) is 0 Å². The third-order valence-electron chi connectivity index (χ3n) is 8.96. The van der Waals surface area contributed by atoms with Crippen molar-refractivity contribution in [1.82, 2.24) is 9.80 Å². The van der Waals surface area contributed by atoms with E-state index in [-0.39, 0.29) is 17.2 Å². The van der Waals surface area contributed by atoms with Crippen LogP contribution in [0.25, 0.3) is 0 Å². The molecule has 0 bridgehead atoms. The van der Waals surface area contributed by atoms with Crippen LogP contribution in [0.15, 0.2) is 12.2 Å². The molecule has 7 nitrogen and oxygen atoms in total. The molecule has 0 fully saturated rings. The highest BCUT2D eigenvalue weighted by atomic mass is 32.2. The van der Waals surface area contributed by atoms with Crippen LogP contribution < -0.4 is 0 Å². The first-order valence-corrected chi connectivity index (χ1v) is 20.7. The lowest BCUT2D eigenvalue weighted by Crippen LogP contribution is -2.30. The number of thioether (sulfide) groups is 1. The van der Waals surface area contributed by atoms with E-state index in [2.05, 4.69) is 40.8 Å². The van der Waals surface area contributed by atoms with Gasteiger partial charge in [0, 0.05) is 31.7 Å². The summed E-state index contributed by atoms with van der Waals surface area (Å²) in [6.45, 7) is 2.86. The molecule has 0 aromatic heterocycles. The van der Waals surface area contributed by atoms with E-state index in [1.807, 2.05) is 0 Å². The van der Waals surface area contributed by atoms with Crippen LogP contribution in [0.1, 0.15) is 173 Å².